The monoisotopic (exact) mass is 317 g/mol. The highest BCUT2D eigenvalue weighted by atomic mass is 35.5. The number of ether oxygens (including phenoxy) is 1. The van der Waals surface area contributed by atoms with Crippen LogP contribution >= 0.6 is 11.6 Å². The fraction of sp³-hybridized carbons (Fsp3) is 0.412. The van der Waals surface area contributed by atoms with E-state index in [1.165, 1.54) is 5.56 Å². The summed E-state index contributed by atoms with van der Waals surface area (Å²) in [5.74, 6) is 0. The lowest BCUT2D eigenvalue weighted by Crippen LogP contribution is -2.38. The largest absolute Gasteiger partial charge is 0.460 e. The number of halogens is 1. The van der Waals surface area contributed by atoms with Crippen LogP contribution in [-0.2, 0) is 6.54 Å². The van der Waals surface area contributed by atoms with E-state index in [0.717, 1.165) is 43.1 Å². The van der Waals surface area contributed by atoms with Gasteiger partial charge < -0.3 is 4.74 Å². The molecule has 1 aliphatic rings. The van der Waals surface area contributed by atoms with Gasteiger partial charge in [-0.05, 0) is 43.0 Å². The maximum absolute atomic E-state index is 6.03. The molecule has 5 heteroatoms. The van der Waals surface area contributed by atoms with E-state index in [1.807, 2.05) is 25.1 Å². The molecule has 4 nitrogen and oxygen atoms in total. The van der Waals surface area contributed by atoms with Gasteiger partial charge in [0.2, 0.25) is 0 Å². The van der Waals surface area contributed by atoms with Crippen molar-refractivity contribution in [2.75, 3.05) is 13.1 Å². The van der Waals surface area contributed by atoms with Gasteiger partial charge in [0, 0.05) is 37.1 Å². The lowest BCUT2D eigenvalue weighted by Gasteiger charge is -2.31. The van der Waals surface area contributed by atoms with Gasteiger partial charge in [0.1, 0.15) is 6.10 Å². The Morgan fingerprint density at radius 3 is 2.64 bits per heavy atom. The molecule has 2 heterocycles. The Bertz CT molecular complexity index is 610. The topological polar surface area (TPSA) is 38.2 Å². The summed E-state index contributed by atoms with van der Waals surface area (Å²) < 4.78 is 5.86. The first-order chi connectivity index (χ1) is 10.7. The summed E-state index contributed by atoms with van der Waals surface area (Å²) in [5.41, 5.74) is 2.30. The number of hydrogen-bond donors (Lipinski definition) is 0. The molecule has 0 amide bonds. The number of hydrogen-bond acceptors (Lipinski definition) is 4. The third-order valence-corrected chi connectivity index (χ3v) is 4.09. The highest BCUT2D eigenvalue weighted by molar-refractivity contribution is 6.30. The summed E-state index contributed by atoms with van der Waals surface area (Å²) in [7, 11) is 0. The van der Waals surface area contributed by atoms with Crippen LogP contribution in [0.2, 0.25) is 5.02 Å². The summed E-state index contributed by atoms with van der Waals surface area (Å²) in [6, 6.07) is 8.55. The van der Waals surface area contributed by atoms with Crippen molar-refractivity contribution in [1.29, 1.82) is 0 Å². The van der Waals surface area contributed by atoms with Crippen LogP contribution in [0.4, 0.5) is 0 Å². The molecule has 1 fully saturated rings. The Balaban J connectivity index is 1.49. The molecule has 116 valence electrons. The van der Waals surface area contributed by atoms with Crippen LogP contribution in [0.1, 0.15) is 24.0 Å². The molecular formula is C17H20ClN3O. The standard InChI is InChI=1S/C17H20ClN3O/c1-13-10-19-17(20-11-13)22-16-5-7-21(8-6-16)12-14-3-2-4-15(18)9-14/h2-4,9-11,16H,5-8,12H2,1H3. The van der Waals surface area contributed by atoms with Gasteiger partial charge in [-0.3, -0.25) is 4.90 Å². The minimum atomic E-state index is 0.207. The van der Waals surface area contributed by atoms with Gasteiger partial charge in [-0.1, -0.05) is 23.7 Å². The zero-order valence-electron chi connectivity index (χ0n) is 12.7. The van der Waals surface area contributed by atoms with Crippen molar-refractivity contribution in [2.45, 2.75) is 32.4 Å². The second-order valence-corrected chi connectivity index (χ2v) is 6.20. The van der Waals surface area contributed by atoms with E-state index in [0.29, 0.717) is 6.01 Å². The van der Waals surface area contributed by atoms with Crippen molar-refractivity contribution >= 4 is 11.6 Å². The lowest BCUT2D eigenvalue weighted by molar-refractivity contribution is 0.0892. The first kappa shape index (κ1) is 15.3. The van der Waals surface area contributed by atoms with Crippen molar-refractivity contribution < 1.29 is 4.74 Å². The smallest absolute Gasteiger partial charge is 0.316 e. The molecule has 0 spiro atoms. The lowest BCUT2D eigenvalue weighted by atomic mass is 10.1. The first-order valence-electron chi connectivity index (χ1n) is 7.61. The number of aromatic nitrogens is 2. The van der Waals surface area contributed by atoms with E-state index in [9.17, 15) is 0 Å². The van der Waals surface area contributed by atoms with E-state index in [4.69, 9.17) is 16.3 Å². The fourth-order valence-corrected chi connectivity index (χ4v) is 2.88. The summed E-state index contributed by atoms with van der Waals surface area (Å²) in [6.07, 6.45) is 5.78. The average Bonchev–Trinajstić information content (AvgIpc) is 2.52. The maximum atomic E-state index is 6.03. The minimum Gasteiger partial charge on any atom is -0.460 e. The van der Waals surface area contributed by atoms with E-state index in [-0.39, 0.29) is 6.10 Å². The van der Waals surface area contributed by atoms with Gasteiger partial charge in [-0.15, -0.1) is 0 Å². The van der Waals surface area contributed by atoms with Crippen LogP contribution in [0.25, 0.3) is 0 Å². The second kappa shape index (κ2) is 7.07. The Hall–Kier alpha value is -1.65. The molecule has 1 aliphatic heterocycles. The Morgan fingerprint density at radius 1 is 1.23 bits per heavy atom. The number of aryl methyl sites for hydroxylation is 1. The highest BCUT2D eigenvalue weighted by Crippen LogP contribution is 2.19. The van der Waals surface area contributed by atoms with Crippen LogP contribution in [0.5, 0.6) is 6.01 Å². The molecule has 22 heavy (non-hydrogen) atoms. The summed E-state index contributed by atoms with van der Waals surface area (Å²) in [4.78, 5) is 10.8. The van der Waals surface area contributed by atoms with Crippen molar-refractivity contribution in [1.82, 2.24) is 14.9 Å². The normalized spacial score (nSPS) is 16.6. The SMILES string of the molecule is Cc1cnc(OC2CCN(Cc3cccc(Cl)c3)CC2)nc1. The number of piperidine rings is 1. The molecule has 1 aromatic carbocycles. The Kier molecular flexibility index (Phi) is 4.90. The van der Waals surface area contributed by atoms with Gasteiger partial charge in [-0.25, -0.2) is 9.97 Å². The quantitative estimate of drug-likeness (QED) is 0.865. The van der Waals surface area contributed by atoms with E-state index in [2.05, 4.69) is 20.9 Å². The van der Waals surface area contributed by atoms with E-state index >= 15 is 0 Å². The number of likely N-dealkylation sites (tertiary alicyclic amines) is 1. The zero-order valence-corrected chi connectivity index (χ0v) is 13.5. The molecule has 1 aromatic heterocycles. The molecule has 0 radical (unpaired) electrons. The Morgan fingerprint density at radius 2 is 1.95 bits per heavy atom. The first-order valence-corrected chi connectivity index (χ1v) is 7.99. The predicted octanol–water partition coefficient (Wildman–Crippen LogP) is 3.48. The van der Waals surface area contributed by atoms with Crippen molar-refractivity contribution in [3.63, 3.8) is 0 Å². The fourth-order valence-electron chi connectivity index (χ4n) is 2.67. The van der Waals surface area contributed by atoms with Crippen LogP contribution in [-0.4, -0.2) is 34.1 Å². The Labute approximate surface area is 136 Å². The van der Waals surface area contributed by atoms with Gasteiger partial charge in [-0.2, -0.15) is 0 Å². The summed E-state index contributed by atoms with van der Waals surface area (Å²) in [6.45, 7) is 4.94. The predicted molar refractivity (Wildman–Crippen MR) is 87.1 cm³/mol. The molecule has 0 N–H and O–H groups in total. The number of rotatable bonds is 4. The van der Waals surface area contributed by atoms with Crippen LogP contribution in [0, 0.1) is 6.92 Å². The summed E-state index contributed by atoms with van der Waals surface area (Å²) >= 11 is 6.03. The van der Waals surface area contributed by atoms with E-state index < -0.39 is 0 Å². The van der Waals surface area contributed by atoms with E-state index in [1.54, 1.807) is 12.4 Å². The van der Waals surface area contributed by atoms with Crippen LogP contribution in [0.15, 0.2) is 36.7 Å². The molecule has 2 aromatic rings. The zero-order chi connectivity index (χ0) is 15.4. The van der Waals surface area contributed by atoms with Gasteiger partial charge in [0.25, 0.3) is 0 Å². The molecule has 0 bridgehead atoms. The molecule has 0 aliphatic carbocycles. The van der Waals surface area contributed by atoms with Crippen LogP contribution in [0.3, 0.4) is 0 Å². The third kappa shape index (κ3) is 4.18. The van der Waals surface area contributed by atoms with Crippen LogP contribution < -0.4 is 4.74 Å². The molecule has 0 atom stereocenters. The highest BCUT2D eigenvalue weighted by Gasteiger charge is 2.21. The summed E-state index contributed by atoms with van der Waals surface area (Å²) in [5, 5.41) is 0.798. The minimum absolute atomic E-state index is 0.207. The molecular weight excluding hydrogens is 298 g/mol. The second-order valence-electron chi connectivity index (χ2n) is 5.77. The average molecular weight is 318 g/mol. The maximum Gasteiger partial charge on any atom is 0.316 e. The number of benzene rings is 1. The molecule has 3 rings (SSSR count). The third-order valence-electron chi connectivity index (χ3n) is 3.86. The van der Waals surface area contributed by atoms with Crippen molar-refractivity contribution in [3.05, 3.63) is 52.8 Å². The van der Waals surface area contributed by atoms with Gasteiger partial charge in [0.05, 0.1) is 0 Å². The molecule has 1 saturated heterocycles. The van der Waals surface area contributed by atoms with Crippen molar-refractivity contribution in [2.24, 2.45) is 0 Å². The van der Waals surface area contributed by atoms with Crippen molar-refractivity contribution in [3.8, 4) is 6.01 Å². The molecule has 0 saturated carbocycles. The molecule has 0 unspecified atom stereocenters. The van der Waals surface area contributed by atoms with Gasteiger partial charge in [0.15, 0.2) is 0 Å². The number of nitrogens with zero attached hydrogens (tertiary/aromatic N) is 3. The van der Waals surface area contributed by atoms with Gasteiger partial charge >= 0.3 is 6.01 Å².